The lowest BCUT2D eigenvalue weighted by atomic mass is 9.88. The number of aromatic nitrogens is 2. The Morgan fingerprint density at radius 3 is 2.77 bits per heavy atom. The summed E-state index contributed by atoms with van der Waals surface area (Å²) in [6.45, 7) is 1.60. The van der Waals surface area contributed by atoms with Crippen molar-refractivity contribution in [2.75, 3.05) is 38.3 Å². The van der Waals surface area contributed by atoms with Crippen LogP contribution >= 0.6 is 0 Å². The summed E-state index contributed by atoms with van der Waals surface area (Å²) in [4.78, 5) is 44.8. The third-order valence-electron chi connectivity index (χ3n) is 5.11. The van der Waals surface area contributed by atoms with E-state index in [2.05, 4.69) is 9.97 Å². The first-order valence-corrected chi connectivity index (χ1v) is 9.24. The highest BCUT2D eigenvalue weighted by atomic mass is 16.6. The van der Waals surface area contributed by atoms with Crippen LogP contribution in [-0.4, -0.2) is 77.4 Å². The van der Waals surface area contributed by atoms with Gasteiger partial charge in [0.15, 0.2) is 0 Å². The van der Waals surface area contributed by atoms with Gasteiger partial charge in [0.2, 0.25) is 0 Å². The second-order valence-corrected chi connectivity index (χ2v) is 6.87. The molecular weight excluding hydrogens is 392 g/mol. The first-order valence-electron chi connectivity index (χ1n) is 9.24. The van der Waals surface area contributed by atoms with Crippen LogP contribution in [0.1, 0.15) is 15.9 Å². The number of rotatable bonds is 4. The second-order valence-electron chi connectivity index (χ2n) is 6.87. The highest BCUT2D eigenvalue weighted by Gasteiger charge is 2.51. The van der Waals surface area contributed by atoms with Gasteiger partial charge in [-0.3, -0.25) is 9.69 Å². The van der Waals surface area contributed by atoms with Gasteiger partial charge in [0, 0.05) is 32.3 Å². The summed E-state index contributed by atoms with van der Waals surface area (Å²) in [5, 5.41) is 6.89. The molecule has 1 aromatic heterocycles. The Morgan fingerprint density at radius 1 is 1.33 bits per heavy atom. The van der Waals surface area contributed by atoms with Crippen molar-refractivity contribution in [1.29, 1.82) is 0 Å². The van der Waals surface area contributed by atoms with Crippen molar-refractivity contribution in [1.82, 2.24) is 14.9 Å². The van der Waals surface area contributed by atoms with Crippen LogP contribution in [0.25, 0.3) is 0 Å². The quantitative estimate of drug-likeness (QED) is 0.581. The molecule has 2 aromatic rings. The van der Waals surface area contributed by atoms with Gasteiger partial charge >= 0.3 is 12.1 Å². The molecule has 10 heteroatoms. The minimum Gasteiger partial charge on any atom is -0.483 e. The topological polar surface area (TPSA) is 122 Å². The standard InChI is InChI=1S/C19H20N4O4.CH2O2/c1-26-17(24)15-10-20-13-21-16(15)22-7-8-23-18(25)27-12-19(23,11-22)9-14-5-3-2-4-6-14;2-1-3/h2-6,10,13H,7-9,11-12H2,1H3;1H,(H,2,3). The van der Waals surface area contributed by atoms with Crippen molar-refractivity contribution in [3.8, 4) is 0 Å². The van der Waals surface area contributed by atoms with Crippen LogP contribution < -0.4 is 4.90 Å². The molecule has 4 rings (SSSR count). The number of piperazine rings is 1. The summed E-state index contributed by atoms with van der Waals surface area (Å²) in [5.74, 6) is 0.0344. The lowest BCUT2D eigenvalue weighted by Crippen LogP contribution is -2.63. The fourth-order valence-electron chi connectivity index (χ4n) is 3.85. The number of methoxy groups -OCH3 is 1. The molecule has 2 aliphatic heterocycles. The van der Waals surface area contributed by atoms with Gasteiger partial charge < -0.3 is 19.5 Å². The van der Waals surface area contributed by atoms with Crippen LogP contribution in [0.2, 0.25) is 0 Å². The van der Waals surface area contributed by atoms with E-state index in [1.165, 1.54) is 19.6 Å². The highest BCUT2D eigenvalue weighted by molar-refractivity contribution is 5.94. The van der Waals surface area contributed by atoms with E-state index in [1.54, 1.807) is 4.90 Å². The molecule has 2 saturated heterocycles. The van der Waals surface area contributed by atoms with Crippen LogP contribution in [0.5, 0.6) is 0 Å². The monoisotopic (exact) mass is 414 g/mol. The van der Waals surface area contributed by atoms with Crippen molar-refractivity contribution in [2.45, 2.75) is 12.0 Å². The van der Waals surface area contributed by atoms with Gasteiger partial charge in [0.25, 0.3) is 6.47 Å². The molecule has 0 aliphatic carbocycles. The Morgan fingerprint density at radius 2 is 2.07 bits per heavy atom. The largest absolute Gasteiger partial charge is 0.483 e. The number of benzene rings is 1. The lowest BCUT2D eigenvalue weighted by molar-refractivity contribution is -0.122. The van der Waals surface area contributed by atoms with Gasteiger partial charge in [-0.05, 0) is 5.56 Å². The minimum atomic E-state index is -0.505. The molecule has 0 spiro atoms. The third kappa shape index (κ3) is 4.17. The number of fused-ring (bicyclic) bond motifs is 1. The van der Waals surface area contributed by atoms with E-state index < -0.39 is 11.5 Å². The SMILES string of the molecule is COC(=O)c1cncnc1N1CCN2C(=O)OCC2(Cc2ccccc2)C1.O=CO. The predicted octanol–water partition coefficient (Wildman–Crippen LogP) is 1.22. The Labute approximate surface area is 173 Å². The zero-order valence-corrected chi connectivity index (χ0v) is 16.4. The molecule has 1 amide bonds. The highest BCUT2D eigenvalue weighted by Crippen LogP contribution is 2.34. The van der Waals surface area contributed by atoms with Gasteiger partial charge in [-0.25, -0.2) is 19.6 Å². The Balaban J connectivity index is 0.000000806. The molecular formula is C20H22N4O6. The summed E-state index contributed by atoms with van der Waals surface area (Å²) in [7, 11) is 1.33. The molecule has 10 nitrogen and oxygen atoms in total. The molecule has 0 saturated carbocycles. The van der Waals surface area contributed by atoms with Crippen molar-refractivity contribution in [2.24, 2.45) is 0 Å². The molecule has 2 fully saturated rings. The molecule has 2 aliphatic rings. The zero-order chi connectivity index (χ0) is 21.6. The number of carboxylic acid groups (broad SMARTS) is 1. The van der Waals surface area contributed by atoms with Gasteiger partial charge in [0.05, 0.1) is 7.11 Å². The zero-order valence-electron chi connectivity index (χ0n) is 16.4. The molecule has 1 aromatic carbocycles. The van der Waals surface area contributed by atoms with Crippen molar-refractivity contribution in [3.05, 3.63) is 54.0 Å². The number of nitrogens with zero attached hydrogens (tertiary/aromatic N) is 4. The number of ether oxygens (including phenoxy) is 2. The lowest BCUT2D eigenvalue weighted by Gasteiger charge is -2.45. The fraction of sp³-hybridized carbons (Fsp3) is 0.350. The molecule has 3 heterocycles. The molecule has 1 atom stereocenters. The smallest absolute Gasteiger partial charge is 0.410 e. The van der Waals surface area contributed by atoms with E-state index in [4.69, 9.17) is 19.4 Å². The maximum Gasteiger partial charge on any atom is 0.410 e. The van der Waals surface area contributed by atoms with E-state index in [9.17, 15) is 9.59 Å². The average molecular weight is 414 g/mol. The normalized spacial score (nSPS) is 19.8. The predicted molar refractivity (Wildman–Crippen MR) is 105 cm³/mol. The first-order chi connectivity index (χ1) is 14.5. The van der Waals surface area contributed by atoms with Gasteiger partial charge in [0.1, 0.15) is 29.9 Å². The number of carbonyl (C=O) groups is 3. The minimum absolute atomic E-state index is 0.250. The number of hydrogen-bond donors (Lipinski definition) is 1. The van der Waals surface area contributed by atoms with E-state index in [-0.39, 0.29) is 12.6 Å². The summed E-state index contributed by atoms with van der Waals surface area (Å²) in [5.41, 5.74) is 0.932. The van der Waals surface area contributed by atoms with Crippen molar-refractivity contribution >= 4 is 24.4 Å². The molecule has 0 radical (unpaired) electrons. The number of anilines is 1. The van der Waals surface area contributed by atoms with Crippen LogP contribution in [0.15, 0.2) is 42.9 Å². The van der Waals surface area contributed by atoms with Gasteiger partial charge in [-0.2, -0.15) is 0 Å². The van der Waals surface area contributed by atoms with Gasteiger partial charge in [-0.1, -0.05) is 30.3 Å². The maximum atomic E-state index is 12.3. The number of carbonyl (C=O) groups excluding carboxylic acids is 2. The van der Waals surface area contributed by atoms with Crippen LogP contribution in [0.4, 0.5) is 10.6 Å². The van der Waals surface area contributed by atoms with Gasteiger partial charge in [-0.15, -0.1) is 0 Å². The van der Waals surface area contributed by atoms with Crippen molar-refractivity contribution < 1.29 is 29.0 Å². The second kappa shape index (κ2) is 9.21. The number of amides is 1. The number of esters is 1. The fourth-order valence-corrected chi connectivity index (χ4v) is 3.85. The maximum absolute atomic E-state index is 12.3. The Hall–Kier alpha value is -3.69. The van der Waals surface area contributed by atoms with Crippen LogP contribution in [-0.2, 0) is 20.7 Å². The Kier molecular flexibility index (Phi) is 6.45. The third-order valence-corrected chi connectivity index (χ3v) is 5.11. The summed E-state index contributed by atoms with van der Waals surface area (Å²) in [6, 6.07) is 10.0. The summed E-state index contributed by atoms with van der Waals surface area (Å²) < 4.78 is 10.3. The summed E-state index contributed by atoms with van der Waals surface area (Å²) in [6.07, 6.45) is 3.24. The molecule has 0 bridgehead atoms. The van der Waals surface area contributed by atoms with E-state index >= 15 is 0 Å². The Bertz CT molecular complexity index is 909. The molecule has 158 valence electrons. The number of hydrogen-bond acceptors (Lipinski definition) is 8. The van der Waals surface area contributed by atoms with Crippen LogP contribution in [0.3, 0.4) is 0 Å². The number of cyclic esters (lactones) is 1. The molecule has 1 unspecified atom stereocenters. The van der Waals surface area contributed by atoms with Crippen LogP contribution in [0, 0.1) is 0 Å². The van der Waals surface area contributed by atoms with Crippen molar-refractivity contribution in [3.63, 3.8) is 0 Å². The summed E-state index contributed by atoms with van der Waals surface area (Å²) >= 11 is 0. The van der Waals surface area contributed by atoms with E-state index in [1.807, 2.05) is 35.2 Å². The first kappa shape index (κ1) is 21.0. The average Bonchev–Trinajstić information content (AvgIpc) is 3.10. The molecule has 1 N–H and O–H groups in total. The van der Waals surface area contributed by atoms with E-state index in [0.717, 1.165) is 5.56 Å². The molecule has 30 heavy (non-hydrogen) atoms. The van der Waals surface area contributed by atoms with E-state index in [0.29, 0.717) is 44.0 Å².